The van der Waals surface area contributed by atoms with Gasteiger partial charge in [0.2, 0.25) is 17.7 Å². The third kappa shape index (κ3) is 11.6. The molecule has 0 aliphatic rings. The Morgan fingerprint density at radius 2 is 1.49 bits per heavy atom. The molecule has 0 saturated heterocycles. The number of carboxylic acids is 2. The Hall–Kier alpha value is -4.50. The van der Waals surface area contributed by atoms with Gasteiger partial charge >= 0.3 is 11.9 Å². The molecule has 1 aromatic heterocycles. The summed E-state index contributed by atoms with van der Waals surface area (Å²) in [6.07, 6.45) is 3.34. The van der Waals surface area contributed by atoms with E-state index in [-0.39, 0.29) is 37.9 Å². The number of imidazole rings is 1. The van der Waals surface area contributed by atoms with E-state index >= 15 is 0 Å². The number of nitrogens with one attached hydrogen (secondary N) is 4. The summed E-state index contributed by atoms with van der Waals surface area (Å²) in [6.45, 7) is 0.346. The van der Waals surface area contributed by atoms with Crippen molar-refractivity contribution in [3.8, 4) is 5.75 Å². The third-order valence-corrected chi connectivity index (χ3v) is 6.19. The fourth-order valence-electron chi connectivity index (χ4n) is 3.89. The molecule has 15 nitrogen and oxygen atoms in total. The van der Waals surface area contributed by atoms with Crippen LogP contribution in [-0.4, -0.2) is 85.7 Å². The highest BCUT2D eigenvalue weighted by Crippen LogP contribution is 2.13. The smallest absolute Gasteiger partial charge is 0.326 e. The molecule has 41 heavy (non-hydrogen) atoms. The van der Waals surface area contributed by atoms with Crippen molar-refractivity contribution in [2.75, 3.05) is 6.54 Å². The molecule has 2 rings (SSSR count). The lowest BCUT2D eigenvalue weighted by Gasteiger charge is -2.25. The van der Waals surface area contributed by atoms with E-state index in [1.54, 1.807) is 12.1 Å². The van der Waals surface area contributed by atoms with Gasteiger partial charge in [-0.25, -0.2) is 9.78 Å². The number of unbranched alkanes of at least 4 members (excludes halogenated alkanes) is 1. The highest BCUT2D eigenvalue weighted by Gasteiger charge is 2.31. The second kappa shape index (κ2) is 16.6. The summed E-state index contributed by atoms with van der Waals surface area (Å²) in [6, 6.07) is 0.995. The molecule has 4 atom stereocenters. The molecule has 0 radical (unpaired) electrons. The van der Waals surface area contributed by atoms with Crippen molar-refractivity contribution in [3.63, 3.8) is 0 Å². The molecule has 0 aliphatic carbocycles. The topological polar surface area (TPSA) is 263 Å². The Kier molecular flexibility index (Phi) is 13.2. The molecule has 2 aromatic rings. The average molecular weight is 576 g/mol. The molecule has 4 unspecified atom stereocenters. The first kappa shape index (κ1) is 32.7. The highest BCUT2D eigenvalue weighted by molar-refractivity contribution is 5.94. The summed E-state index contributed by atoms with van der Waals surface area (Å²) in [4.78, 5) is 68.6. The van der Waals surface area contributed by atoms with E-state index in [1.807, 2.05) is 0 Å². The number of carbonyl (C=O) groups is 5. The molecule has 11 N–H and O–H groups in total. The van der Waals surface area contributed by atoms with Crippen LogP contribution in [0.25, 0.3) is 0 Å². The molecule has 0 aliphatic heterocycles. The first-order chi connectivity index (χ1) is 19.5. The number of aromatic nitrogens is 2. The van der Waals surface area contributed by atoms with Gasteiger partial charge in [-0.2, -0.15) is 0 Å². The number of carbonyl (C=O) groups excluding carboxylic acids is 3. The fourth-order valence-corrected chi connectivity index (χ4v) is 3.89. The molecule has 0 saturated carbocycles. The first-order valence-electron chi connectivity index (χ1n) is 13.1. The summed E-state index contributed by atoms with van der Waals surface area (Å²) in [5.74, 6) is -4.68. The van der Waals surface area contributed by atoms with Crippen LogP contribution < -0.4 is 27.4 Å². The van der Waals surface area contributed by atoms with E-state index in [9.17, 15) is 34.2 Å². The number of aromatic hydroxyl groups is 1. The fraction of sp³-hybridized carbons (Fsp3) is 0.462. The van der Waals surface area contributed by atoms with Crippen LogP contribution in [0.4, 0.5) is 0 Å². The lowest BCUT2D eigenvalue weighted by atomic mass is 10.0. The minimum absolute atomic E-state index is 0.00815. The number of amides is 3. The van der Waals surface area contributed by atoms with Crippen LogP contribution in [0.1, 0.15) is 43.4 Å². The lowest BCUT2D eigenvalue weighted by molar-refractivity contribution is -0.142. The molecule has 1 heterocycles. The van der Waals surface area contributed by atoms with E-state index in [2.05, 4.69) is 25.9 Å². The SMILES string of the molecule is NCCCCC(NC(=O)C(N)CCC(=O)O)C(=O)NC(Cc1ccc(O)cc1)C(=O)NC(Cc1cnc[nH]1)C(=O)O. The number of benzene rings is 1. The maximum Gasteiger partial charge on any atom is 0.326 e. The van der Waals surface area contributed by atoms with E-state index in [1.165, 1.54) is 24.7 Å². The van der Waals surface area contributed by atoms with Gasteiger partial charge in [0, 0.05) is 31.2 Å². The number of aromatic amines is 1. The van der Waals surface area contributed by atoms with Crippen LogP contribution in [0.2, 0.25) is 0 Å². The summed E-state index contributed by atoms with van der Waals surface area (Å²) in [5, 5.41) is 35.7. The summed E-state index contributed by atoms with van der Waals surface area (Å²) in [5.41, 5.74) is 12.4. The molecule has 0 bridgehead atoms. The zero-order chi connectivity index (χ0) is 30.4. The van der Waals surface area contributed by atoms with E-state index in [0.717, 1.165) is 0 Å². The number of phenolic OH excluding ortho intramolecular Hbond substituents is 1. The number of rotatable bonds is 18. The van der Waals surface area contributed by atoms with Crippen LogP contribution in [0.5, 0.6) is 5.75 Å². The Bertz CT molecular complexity index is 1160. The van der Waals surface area contributed by atoms with Crippen molar-refractivity contribution in [1.29, 1.82) is 0 Å². The number of hydrogen-bond donors (Lipinski definition) is 9. The van der Waals surface area contributed by atoms with Crippen molar-refractivity contribution in [2.45, 2.75) is 69.1 Å². The molecule has 1 aromatic carbocycles. The Labute approximate surface area is 236 Å². The quantitative estimate of drug-likeness (QED) is 0.0949. The molecule has 224 valence electrons. The third-order valence-electron chi connectivity index (χ3n) is 6.19. The number of nitrogens with zero attached hydrogens (tertiary/aromatic N) is 1. The minimum Gasteiger partial charge on any atom is -0.508 e. The van der Waals surface area contributed by atoms with Crippen LogP contribution in [0.15, 0.2) is 36.8 Å². The van der Waals surface area contributed by atoms with Gasteiger partial charge in [-0.1, -0.05) is 12.1 Å². The predicted molar refractivity (Wildman–Crippen MR) is 145 cm³/mol. The van der Waals surface area contributed by atoms with Gasteiger partial charge in [0.1, 0.15) is 23.9 Å². The predicted octanol–water partition coefficient (Wildman–Crippen LogP) is -1.24. The Morgan fingerprint density at radius 1 is 0.854 bits per heavy atom. The molecular weight excluding hydrogens is 538 g/mol. The molecule has 3 amide bonds. The number of nitrogens with two attached hydrogens (primary N) is 2. The zero-order valence-corrected chi connectivity index (χ0v) is 22.4. The minimum atomic E-state index is -1.34. The molecular formula is C26H37N7O8. The van der Waals surface area contributed by atoms with Crippen molar-refractivity contribution in [3.05, 3.63) is 48.0 Å². The van der Waals surface area contributed by atoms with E-state index in [4.69, 9.17) is 16.6 Å². The standard InChI is InChI=1S/C26H37N7O8/c27-10-2-1-3-19(31-23(37)18(28)8-9-22(35)36)24(38)32-20(11-15-4-6-17(34)7-5-15)25(39)33-21(26(40)41)12-16-13-29-14-30-16/h4-7,13-14,18-21,34H,1-3,8-12,27-28H2,(H,29,30)(H,31,37)(H,32,38)(H,33,39)(H,35,36)(H,40,41). The van der Waals surface area contributed by atoms with Gasteiger partial charge in [0.25, 0.3) is 0 Å². The monoisotopic (exact) mass is 575 g/mol. The van der Waals surface area contributed by atoms with Crippen LogP contribution in [-0.2, 0) is 36.8 Å². The second-order valence-electron chi connectivity index (χ2n) is 9.50. The number of H-pyrrole nitrogens is 1. The number of aliphatic carboxylic acids is 2. The average Bonchev–Trinajstić information content (AvgIpc) is 3.44. The lowest BCUT2D eigenvalue weighted by Crippen LogP contribution is -2.57. The van der Waals surface area contributed by atoms with Crippen LogP contribution in [0, 0.1) is 0 Å². The van der Waals surface area contributed by atoms with Crippen LogP contribution in [0.3, 0.4) is 0 Å². The number of hydrogen-bond acceptors (Lipinski definition) is 9. The van der Waals surface area contributed by atoms with E-state index in [0.29, 0.717) is 30.6 Å². The maximum absolute atomic E-state index is 13.4. The normalized spacial score (nSPS) is 13.8. The summed E-state index contributed by atoms with van der Waals surface area (Å²) < 4.78 is 0. The summed E-state index contributed by atoms with van der Waals surface area (Å²) in [7, 11) is 0. The van der Waals surface area contributed by atoms with Gasteiger partial charge < -0.3 is 47.7 Å². The Morgan fingerprint density at radius 3 is 2.07 bits per heavy atom. The highest BCUT2D eigenvalue weighted by atomic mass is 16.4. The second-order valence-corrected chi connectivity index (χ2v) is 9.50. The van der Waals surface area contributed by atoms with Gasteiger partial charge in [0.15, 0.2) is 0 Å². The van der Waals surface area contributed by atoms with Gasteiger partial charge in [-0.3, -0.25) is 19.2 Å². The van der Waals surface area contributed by atoms with Gasteiger partial charge in [0.05, 0.1) is 12.4 Å². The largest absolute Gasteiger partial charge is 0.508 e. The number of carboxylic acid groups (broad SMARTS) is 2. The first-order valence-corrected chi connectivity index (χ1v) is 13.1. The van der Waals surface area contributed by atoms with Crippen molar-refractivity contribution in [2.24, 2.45) is 11.5 Å². The Balaban J connectivity index is 2.23. The maximum atomic E-state index is 13.4. The zero-order valence-electron chi connectivity index (χ0n) is 22.4. The van der Waals surface area contributed by atoms with Crippen LogP contribution >= 0.6 is 0 Å². The van der Waals surface area contributed by atoms with Crippen molar-refractivity contribution >= 4 is 29.7 Å². The van der Waals surface area contributed by atoms with Crippen molar-refractivity contribution < 1.29 is 39.3 Å². The van der Waals surface area contributed by atoms with Gasteiger partial charge in [-0.05, 0) is 49.9 Å². The van der Waals surface area contributed by atoms with E-state index < -0.39 is 53.8 Å². The summed E-state index contributed by atoms with van der Waals surface area (Å²) >= 11 is 0. The number of phenols is 1. The molecule has 0 fully saturated rings. The van der Waals surface area contributed by atoms with Gasteiger partial charge in [-0.15, -0.1) is 0 Å². The van der Waals surface area contributed by atoms with Crippen molar-refractivity contribution in [1.82, 2.24) is 25.9 Å². The molecule has 0 spiro atoms. The molecule has 15 heteroatoms.